The van der Waals surface area contributed by atoms with Crippen molar-refractivity contribution in [2.75, 3.05) is 6.61 Å². The topological polar surface area (TPSA) is 27.7 Å². The summed E-state index contributed by atoms with van der Waals surface area (Å²) in [7, 11) is -1.85. The molecule has 2 unspecified atom stereocenters. The summed E-state index contributed by atoms with van der Waals surface area (Å²) in [4.78, 5) is 0. The molecule has 0 saturated carbocycles. The Hall–Kier alpha value is -0.0982. The summed E-state index contributed by atoms with van der Waals surface area (Å²) in [5, 5.41) is 0.254. The highest BCUT2D eigenvalue weighted by molar-refractivity contribution is 6.74. The average Bonchev–Trinajstić information content (AvgIpc) is 2.52. The van der Waals surface area contributed by atoms with E-state index >= 15 is 0 Å². The molecule has 104 valence electrons. The van der Waals surface area contributed by atoms with E-state index in [0.717, 1.165) is 0 Å². The molecule has 2 atom stereocenters. The standard InChI is InChI=1S/C13H27BO3Si/c1-11-12(2)17-14(16-11)9-8-10-15-18(6,7)13(3,4)5/h8-9,11-12H,10H2,1-7H3/b9-8+. The van der Waals surface area contributed by atoms with E-state index in [0.29, 0.717) is 6.61 Å². The van der Waals surface area contributed by atoms with Crippen molar-refractivity contribution in [1.82, 2.24) is 0 Å². The van der Waals surface area contributed by atoms with Crippen LogP contribution in [0, 0.1) is 0 Å². The quantitative estimate of drug-likeness (QED) is 0.733. The normalized spacial score (nSPS) is 26.3. The third kappa shape index (κ3) is 4.23. The molecule has 1 heterocycles. The summed E-state index contributed by atoms with van der Waals surface area (Å²) in [6, 6.07) is 0. The van der Waals surface area contributed by atoms with Crippen LogP contribution in [0.4, 0.5) is 0 Å². The van der Waals surface area contributed by atoms with Gasteiger partial charge in [0.1, 0.15) is 0 Å². The van der Waals surface area contributed by atoms with Crippen molar-refractivity contribution in [1.29, 1.82) is 0 Å². The number of rotatable bonds is 4. The van der Waals surface area contributed by atoms with Gasteiger partial charge in [0.05, 0.1) is 18.8 Å². The number of hydrogen-bond donors (Lipinski definition) is 0. The zero-order valence-corrected chi connectivity index (χ0v) is 13.8. The first kappa shape index (κ1) is 16.0. The first-order valence-electron chi connectivity index (χ1n) is 6.75. The molecule has 18 heavy (non-hydrogen) atoms. The average molecular weight is 270 g/mol. The largest absolute Gasteiger partial charge is 0.486 e. The summed E-state index contributed by atoms with van der Waals surface area (Å²) in [6.45, 7) is 16.0. The molecule has 5 heteroatoms. The van der Waals surface area contributed by atoms with E-state index in [9.17, 15) is 0 Å². The lowest BCUT2D eigenvalue weighted by atomic mass is 9.90. The second-order valence-electron chi connectivity index (χ2n) is 6.55. The van der Waals surface area contributed by atoms with E-state index in [1.165, 1.54) is 0 Å². The highest BCUT2D eigenvalue weighted by atomic mass is 28.4. The van der Waals surface area contributed by atoms with Gasteiger partial charge in [-0.25, -0.2) is 0 Å². The lowest BCUT2D eigenvalue weighted by Gasteiger charge is -2.35. The molecule has 0 aliphatic carbocycles. The van der Waals surface area contributed by atoms with Gasteiger partial charge < -0.3 is 13.7 Å². The SMILES string of the molecule is CC1OB(/C=C/CO[Si](C)(C)C(C)(C)C)OC1C. The van der Waals surface area contributed by atoms with Crippen LogP contribution < -0.4 is 0 Å². The van der Waals surface area contributed by atoms with Crippen molar-refractivity contribution >= 4 is 15.4 Å². The van der Waals surface area contributed by atoms with Gasteiger partial charge in [-0.3, -0.25) is 0 Å². The minimum atomic E-state index is -1.64. The second-order valence-corrected chi connectivity index (χ2v) is 11.4. The Labute approximate surface area is 113 Å². The van der Waals surface area contributed by atoms with Crippen molar-refractivity contribution in [2.24, 2.45) is 0 Å². The van der Waals surface area contributed by atoms with Crippen LogP contribution in [0.3, 0.4) is 0 Å². The van der Waals surface area contributed by atoms with Gasteiger partial charge in [-0.2, -0.15) is 0 Å². The third-order valence-electron chi connectivity index (χ3n) is 4.00. The zero-order valence-electron chi connectivity index (χ0n) is 12.8. The maximum Gasteiger partial charge on any atom is 0.486 e. The van der Waals surface area contributed by atoms with E-state index in [2.05, 4.69) is 33.9 Å². The molecule has 1 aliphatic heterocycles. The molecule has 0 aromatic rings. The molecular formula is C13H27BO3Si. The van der Waals surface area contributed by atoms with E-state index in [-0.39, 0.29) is 24.4 Å². The lowest BCUT2D eigenvalue weighted by molar-refractivity contribution is 0.187. The Balaban J connectivity index is 2.34. The van der Waals surface area contributed by atoms with Gasteiger partial charge in [-0.05, 0) is 32.0 Å². The molecule has 0 aromatic heterocycles. The van der Waals surface area contributed by atoms with Crippen LogP contribution in [0.15, 0.2) is 12.1 Å². The molecular weight excluding hydrogens is 243 g/mol. The maximum atomic E-state index is 6.05. The second kappa shape index (κ2) is 5.91. The molecule has 1 aliphatic rings. The van der Waals surface area contributed by atoms with Crippen LogP contribution in [-0.4, -0.2) is 34.3 Å². The molecule has 0 amide bonds. The minimum Gasteiger partial charge on any atom is -0.413 e. The Bertz CT molecular complexity index is 289. The minimum absolute atomic E-state index is 0.168. The summed E-state index contributed by atoms with van der Waals surface area (Å²) in [5.41, 5.74) is 0. The maximum absolute atomic E-state index is 6.05. The predicted octanol–water partition coefficient (Wildman–Crippen LogP) is 3.42. The van der Waals surface area contributed by atoms with E-state index in [1.807, 2.05) is 25.9 Å². The van der Waals surface area contributed by atoms with E-state index in [4.69, 9.17) is 13.7 Å². The molecule has 0 spiro atoms. The molecule has 0 radical (unpaired) electrons. The van der Waals surface area contributed by atoms with E-state index < -0.39 is 8.32 Å². The van der Waals surface area contributed by atoms with Crippen molar-refractivity contribution in [3.8, 4) is 0 Å². The monoisotopic (exact) mass is 270 g/mol. The smallest absolute Gasteiger partial charge is 0.413 e. The Morgan fingerprint density at radius 3 is 2.11 bits per heavy atom. The Morgan fingerprint density at radius 1 is 1.17 bits per heavy atom. The van der Waals surface area contributed by atoms with Gasteiger partial charge >= 0.3 is 7.12 Å². The van der Waals surface area contributed by atoms with Gasteiger partial charge in [0.15, 0.2) is 8.32 Å². The van der Waals surface area contributed by atoms with Crippen molar-refractivity contribution < 1.29 is 13.7 Å². The van der Waals surface area contributed by atoms with E-state index in [1.54, 1.807) is 0 Å². The fraction of sp³-hybridized carbons (Fsp3) is 0.846. The predicted molar refractivity (Wildman–Crippen MR) is 79.1 cm³/mol. The lowest BCUT2D eigenvalue weighted by Crippen LogP contribution is -2.40. The van der Waals surface area contributed by atoms with Gasteiger partial charge in [0.25, 0.3) is 0 Å². The summed E-state index contributed by atoms with van der Waals surface area (Å²) in [5.74, 6) is 1.95. The van der Waals surface area contributed by atoms with Crippen LogP contribution in [0.1, 0.15) is 34.6 Å². The van der Waals surface area contributed by atoms with Crippen molar-refractivity contribution in [2.45, 2.75) is 65.0 Å². The van der Waals surface area contributed by atoms with Crippen LogP contribution >= 0.6 is 0 Å². The summed E-state index contributed by atoms with van der Waals surface area (Å²) < 4.78 is 17.3. The van der Waals surface area contributed by atoms with Gasteiger partial charge in [0.2, 0.25) is 0 Å². The van der Waals surface area contributed by atoms with Crippen molar-refractivity contribution in [3.63, 3.8) is 0 Å². The highest BCUT2D eigenvalue weighted by Gasteiger charge is 2.37. The molecule has 1 saturated heterocycles. The zero-order chi connectivity index (χ0) is 14.0. The van der Waals surface area contributed by atoms with Gasteiger partial charge in [-0.15, -0.1) is 0 Å². The molecule has 3 nitrogen and oxygen atoms in total. The van der Waals surface area contributed by atoms with Crippen LogP contribution in [-0.2, 0) is 13.7 Å². The van der Waals surface area contributed by atoms with Gasteiger partial charge in [0, 0.05) is 0 Å². The molecule has 0 N–H and O–H groups in total. The summed E-state index contributed by atoms with van der Waals surface area (Å²) in [6.07, 6.45) is 2.34. The molecule has 1 fully saturated rings. The molecule has 0 aromatic carbocycles. The van der Waals surface area contributed by atoms with Crippen LogP contribution in [0.2, 0.25) is 18.1 Å². The fourth-order valence-corrected chi connectivity index (χ4v) is 2.35. The Kier molecular flexibility index (Phi) is 5.24. The van der Waals surface area contributed by atoms with Crippen molar-refractivity contribution in [3.05, 3.63) is 12.1 Å². The Morgan fingerprint density at radius 2 is 1.67 bits per heavy atom. The summed E-state index contributed by atoms with van der Waals surface area (Å²) >= 11 is 0. The number of hydrogen-bond acceptors (Lipinski definition) is 3. The molecule has 0 bridgehead atoms. The van der Waals surface area contributed by atoms with Gasteiger partial charge in [-0.1, -0.05) is 32.8 Å². The molecule has 1 rings (SSSR count). The van der Waals surface area contributed by atoms with Crippen LogP contribution in [0.25, 0.3) is 0 Å². The third-order valence-corrected chi connectivity index (χ3v) is 8.50. The highest BCUT2D eigenvalue weighted by Crippen LogP contribution is 2.36. The fourth-order valence-electron chi connectivity index (χ4n) is 1.41. The first-order chi connectivity index (χ1) is 8.13. The van der Waals surface area contributed by atoms with Crippen LogP contribution in [0.5, 0.6) is 0 Å². The first-order valence-corrected chi connectivity index (χ1v) is 9.66.